The Hall–Kier alpha value is -1.65. The van der Waals surface area contributed by atoms with Crippen LogP contribution in [0, 0.1) is 0 Å². The van der Waals surface area contributed by atoms with E-state index in [2.05, 4.69) is 10.1 Å². The number of halogens is 2. The number of nitrogens with one attached hydrogen (secondary N) is 1. The molecule has 1 aliphatic rings. The SMILES string of the molecule is O=C(CCc1ccc(OC(F)F)cc1)NC1CC1. The van der Waals surface area contributed by atoms with Gasteiger partial charge in [0.15, 0.2) is 0 Å². The molecule has 0 radical (unpaired) electrons. The van der Waals surface area contributed by atoms with Crippen molar-refractivity contribution < 1.29 is 18.3 Å². The lowest BCUT2D eigenvalue weighted by Gasteiger charge is -2.06. The van der Waals surface area contributed by atoms with Crippen LogP contribution in [0.3, 0.4) is 0 Å². The van der Waals surface area contributed by atoms with Gasteiger partial charge < -0.3 is 10.1 Å². The number of rotatable bonds is 6. The summed E-state index contributed by atoms with van der Waals surface area (Å²) >= 11 is 0. The van der Waals surface area contributed by atoms with Crippen molar-refractivity contribution in [1.82, 2.24) is 5.32 Å². The van der Waals surface area contributed by atoms with E-state index in [1.807, 2.05) is 0 Å². The maximum absolute atomic E-state index is 11.9. The number of carbonyl (C=O) groups excluding carboxylic acids is 1. The first kappa shape index (κ1) is 12.8. The highest BCUT2D eigenvalue weighted by atomic mass is 19.3. The molecule has 5 heteroatoms. The minimum atomic E-state index is -2.81. The standard InChI is InChI=1S/C13H15F2NO2/c14-13(15)18-11-6-1-9(2-7-11)3-8-12(17)16-10-4-5-10/h1-2,6-7,10,13H,3-5,8H2,(H,16,17). The van der Waals surface area contributed by atoms with Crippen molar-refractivity contribution in [3.05, 3.63) is 29.8 Å². The van der Waals surface area contributed by atoms with Gasteiger partial charge >= 0.3 is 6.61 Å². The summed E-state index contributed by atoms with van der Waals surface area (Å²) in [6.45, 7) is -2.81. The zero-order valence-corrected chi connectivity index (χ0v) is 9.86. The Morgan fingerprint density at radius 3 is 2.56 bits per heavy atom. The van der Waals surface area contributed by atoms with Crippen LogP contribution in [0.15, 0.2) is 24.3 Å². The minimum Gasteiger partial charge on any atom is -0.435 e. The fourth-order valence-electron chi connectivity index (χ4n) is 1.62. The minimum absolute atomic E-state index is 0.0467. The average molecular weight is 255 g/mol. The van der Waals surface area contributed by atoms with E-state index in [9.17, 15) is 13.6 Å². The van der Waals surface area contributed by atoms with Gasteiger partial charge in [-0.15, -0.1) is 0 Å². The fraction of sp³-hybridized carbons (Fsp3) is 0.462. The molecule has 0 atom stereocenters. The molecule has 3 nitrogen and oxygen atoms in total. The molecule has 1 N–H and O–H groups in total. The van der Waals surface area contributed by atoms with Crippen LogP contribution in [-0.2, 0) is 11.2 Å². The highest BCUT2D eigenvalue weighted by molar-refractivity contribution is 5.76. The first-order chi connectivity index (χ1) is 8.63. The van der Waals surface area contributed by atoms with Gasteiger partial charge in [0.25, 0.3) is 0 Å². The summed E-state index contributed by atoms with van der Waals surface area (Å²) in [6, 6.07) is 6.74. The molecular weight excluding hydrogens is 240 g/mol. The van der Waals surface area contributed by atoms with Crippen LogP contribution < -0.4 is 10.1 Å². The van der Waals surface area contributed by atoms with Gasteiger partial charge in [-0.1, -0.05) is 12.1 Å². The van der Waals surface area contributed by atoms with E-state index in [-0.39, 0.29) is 11.7 Å². The van der Waals surface area contributed by atoms with E-state index in [0.29, 0.717) is 18.9 Å². The molecule has 1 saturated carbocycles. The Morgan fingerprint density at radius 2 is 2.00 bits per heavy atom. The predicted octanol–water partition coefficient (Wildman–Crippen LogP) is 2.50. The third-order valence-electron chi connectivity index (χ3n) is 2.73. The molecule has 2 rings (SSSR count). The smallest absolute Gasteiger partial charge is 0.387 e. The molecule has 0 heterocycles. The Balaban J connectivity index is 1.76. The number of carbonyl (C=O) groups is 1. The summed E-state index contributed by atoms with van der Waals surface area (Å²) in [6.07, 6.45) is 3.18. The van der Waals surface area contributed by atoms with E-state index in [4.69, 9.17) is 0 Å². The number of alkyl halides is 2. The van der Waals surface area contributed by atoms with Crippen LogP contribution in [0.5, 0.6) is 5.75 Å². The molecule has 0 spiro atoms. The molecule has 1 aromatic carbocycles. The van der Waals surface area contributed by atoms with Crippen molar-refractivity contribution in [2.45, 2.75) is 38.3 Å². The van der Waals surface area contributed by atoms with E-state index < -0.39 is 6.61 Å². The Labute approximate surface area is 104 Å². The van der Waals surface area contributed by atoms with Gasteiger partial charge in [-0.2, -0.15) is 8.78 Å². The molecule has 0 aromatic heterocycles. The van der Waals surface area contributed by atoms with Gasteiger partial charge in [0.05, 0.1) is 0 Å². The second kappa shape index (κ2) is 5.80. The molecule has 0 saturated heterocycles. The summed E-state index contributed by atoms with van der Waals surface area (Å²) in [5.41, 5.74) is 0.933. The molecule has 1 aliphatic carbocycles. The topological polar surface area (TPSA) is 38.3 Å². The Kier molecular flexibility index (Phi) is 4.12. The first-order valence-corrected chi connectivity index (χ1v) is 5.96. The van der Waals surface area contributed by atoms with Crippen molar-refractivity contribution >= 4 is 5.91 Å². The Bertz CT molecular complexity index is 402. The van der Waals surface area contributed by atoms with Gasteiger partial charge in [-0.3, -0.25) is 4.79 Å². The first-order valence-electron chi connectivity index (χ1n) is 5.96. The average Bonchev–Trinajstić information content (AvgIpc) is 3.11. The summed E-state index contributed by atoms with van der Waals surface area (Å²) in [5, 5.41) is 2.90. The van der Waals surface area contributed by atoms with Gasteiger partial charge in [-0.05, 0) is 37.0 Å². The molecule has 0 unspecified atom stereocenters. The van der Waals surface area contributed by atoms with Gasteiger partial charge in [0, 0.05) is 12.5 Å². The molecular formula is C13H15F2NO2. The highest BCUT2D eigenvalue weighted by Crippen LogP contribution is 2.19. The van der Waals surface area contributed by atoms with E-state index in [0.717, 1.165) is 18.4 Å². The number of hydrogen-bond acceptors (Lipinski definition) is 2. The molecule has 18 heavy (non-hydrogen) atoms. The highest BCUT2D eigenvalue weighted by Gasteiger charge is 2.22. The molecule has 1 fully saturated rings. The van der Waals surface area contributed by atoms with Crippen LogP contribution in [0.1, 0.15) is 24.8 Å². The van der Waals surface area contributed by atoms with E-state index >= 15 is 0 Å². The maximum atomic E-state index is 11.9. The van der Waals surface area contributed by atoms with Gasteiger partial charge in [0.1, 0.15) is 5.75 Å². The van der Waals surface area contributed by atoms with Crippen molar-refractivity contribution in [3.63, 3.8) is 0 Å². The van der Waals surface area contributed by atoms with Crippen LogP contribution in [0.25, 0.3) is 0 Å². The lowest BCUT2D eigenvalue weighted by atomic mass is 10.1. The van der Waals surface area contributed by atoms with Crippen LogP contribution in [0.2, 0.25) is 0 Å². The molecule has 0 bridgehead atoms. The zero-order valence-electron chi connectivity index (χ0n) is 9.86. The number of ether oxygens (including phenoxy) is 1. The fourth-order valence-corrected chi connectivity index (χ4v) is 1.62. The maximum Gasteiger partial charge on any atom is 0.387 e. The summed E-state index contributed by atoms with van der Waals surface area (Å²) in [4.78, 5) is 11.4. The van der Waals surface area contributed by atoms with Crippen LogP contribution in [0.4, 0.5) is 8.78 Å². The number of amides is 1. The normalized spacial score (nSPS) is 14.6. The van der Waals surface area contributed by atoms with Crippen molar-refractivity contribution in [2.75, 3.05) is 0 Å². The number of aryl methyl sites for hydroxylation is 1. The number of benzene rings is 1. The van der Waals surface area contributed by atoms with Crippen LogP contribution in [-0.4, -0.2) is 18.6 Å². The van der Waals surface area contributed by atoms with Gasteiger partial charge in [-0.25, -0.2) is 0 Å². The molecule has 0 aliphatic heterocycles. The third-order valence-corrected chi connectivity index (χ3v) is 2.73. The van der Waals surface area contributed by atoms with Crippen LogP contribution >= 0.6 is 0 Å². The monoisotopic (exact) mass is 255 g/mol. The van der Waals surface area contributed by atoms with E-state index in [1.165, 1.54) is 12.1 Å². The summed E-state index contributed by atoms with van der Waals surface area (Å²) in [7, 11) is 0. The molecule has 98 valence electrons. The van der Waals surface area contributed by atoms with E-state index in [1.54, 1.807) is 12.1 Å². The molecule has 1 amide bonds. The van der Waals surface area contributed by atoms with Gasteiger partial charge in [0.2, 0.25) is 5.91 Å². The predicted molar refractivity (Wildman–Crippen MR) is 62.6 cm³/mol. The lowest BCUT2D eigenvalue weighted by Crippen LogP contribution is -2.25. The second-order valence-corrected chi connectivity index (χ2v) is 4.36. The summed E-state index contributed by atoms with van der Waals surface area (Å²) < 4.78 is 28.1. The quantitative estimate of drug-likeness (QED) is 0.848. The Morgan fingerprint density at radius 1 is 1.33 bits per heavy atom. The zero-order chi connectivity index (χ0) is 13.0. The third kappa shape index (κ3) is 4.31. The van der Waals surface area contributed by atoms with Crippen molar-refractivity contribution in [1.29, 1.82) is 0 Å². The summed E-state index contributed by atoms with van der Waals surface area (Å²) in [5.74, 6) is 0.182. The van der Waals surface area contributed by atoms with Crippen molar-refractivity contribution in [3.8, 4) is 5.75 Å². The number of hydrogen-bond donors (Lipinski definition) is 1. The largest absolute Gasteiger partial charge is 0.435 e. The second-order valence-electron chi connectivity index (χ2n) is 4.36. The lowest BCUT2D eigenvalue weighted by molar-refractivity contribution is -0.121. The van der Waals surface area contributed by atoms with Crippen molar-refractivity contribution in [2.24, 2.45) is 0 Å². The molecule has 1 aromatic rings.